The predicted octanol–water partition coefficient (Wildman–Crippen LogP) is 3.06. The molecule has 2 rings (SSSR count). The van der Waals surface area contributed by atoms with Gasteiger partial charge in [0.05, 0.1) is 11.7 Å². The molecule has 1 saturated heterocycles. The second kappa shape index (κ2) is 5.29. The molecular formula is C13H14F5NO. The molecule has 1 aliphatic heterocycles. The molecule has 0 aliphatic carbocycles. The lowest BCUT2D eigenvalue weighted by molar-refractivity contribution is -0.266. The third-order valence-corrected chi connectivity index (χ3v) is 3.41. The molecule has 1 fully saturated rings. The molecule has 2 nitrogen and oxygen atoms in total. The third-order valence-electron chi connectivity index (χ3n) is 3.41. The van der Waals surface area contributed by atoms with Crippen LogP contribution in [0.25, 0.3) is 0 Å². The minimum absolute atomic E-state index is 0.0160. The first-order chi connectivity index (χ1) is 9.30. The highest BCUT2D eigenvalue weighted by Gasteiger charge is 2.64. The Morgan fingerprint density at radius 1 is 1.15 bits per heavy atom. The standard InChI is InChI=1S/C13H14F5NO/c14-10-4-2-1-3-9(10)12(15,16)13(17,18)11-6-5-8(7-19)20-11/h1-4,8,11H,5-7,19H2. The van der Waals surface area contributed by atoms with E-state index in [0.29, 0.717) is 6.07 Å². The quantitative estimate of drug-likeness (QED) is 0.867. The summed E-state index contributed by atoms with van der Waals surface area (Å²) in [6, 6.07) is 3.61. The van der Waals surface area contributed by atoms with Crippen molar-refractivity contribution >= 4 is 0 Å². The van der Waals surface area contributed by atoms with E-state index in [1.165, 1.54) is 0 Å². The van der Waals surface area contributed by atoms with Gasteiger partial charge in [-0.15, -0.1) is 0 Å². The summed E-state index contributed by atoms with van der Waals surface area (Å²) >= 11 is 0. The topological polar surface area (TPSA) is 35.2 Å². The van der Waals surface area contributed by atoms with E-state index in [1.807, 2.05) is 0 Å². The van der Waals surface area contributed by atoms with Crippen molar-refractivity contribution in [2.75, 3.05) is 6.54 Å². The van der Waals surface area contributed by atoms with E-state index in [9.17, 15) is 22.0 Å². The highest BCUT2D eigenvalue weighted by Crippen LogP contribution is 2.49. The molecular weight excluding hydrogens is 281 g/mol. The molecule has 7 heteroatoms. The van der Waals surface area contributed by atoms with E-state index in [-0.39, 0.29) is 19.4 Å². The molecule has 1 aromatic carbocycles. The summed E-state index contributed by atoms with van der Waals surface area (Å²) in [5.74, 6) is -10.5. The van der Waals surface area contributed by atoms with Crippen molar-refractivity contribution in [1.82, 2.24) is 0 Å². The summed E-state index contributed by atoms with van der Waals surface area (Å²) < 4.78 is 74.2. The zero-order valence-electron chi connectivity index (χ0n) is 10.5. The summed E-state index contributed by atoms with van der Waals surface area (Å²) in [5.41, 5.74) is 3.94. The number of halogens is 5. The van der Waals surface area contributed by atoms with Crippen LogP contribution in [0.4, 0.5) is 22.0 Å². The van der Waals surface area contributed by atoms with Gasteiger partial charge < -0.3 is 10.5 Å². The maximum atomic E-state index is 14.0. The van der Waals surface area contributed by atoms with Crippen LogP contribution < -0.4 is 5.73 Å². The van der Waals surface area contributed by atoms with E-state index >= 15 is 0 Å². The molecule has 0 aromatic heterocycles. The molecule has 20 heavy (non-hydrogen) atoms. The Labute approximate surface area is 112 Å². The van der Waals surface area contributed by atoms with Crippen LogP contribution in [-0.2, 0) is 10.7 Å². The van der Waals surface area contributed by atoms with Crippen LogP contribution in [0.5, 0.6) is 0 Å². The summed E-state index contributed by atoms with van der Waals surface area (Å²) in [5, 5.41) is 0. The minimum atomic E-state index is -4.65. The van der Waals surface area contributed by atoms with Crippen LogP contribution in [0.2, 0.25) is 0 Å². The maximum absolute atomic E-state index is 14.0. The molecule has 0 saturated carbocycles. The second-order valence-corrected chi connectivity index (χ2v) is 4.74. The molecule has 112 valence electrons. The normalized spacial score (nSPS) is 24.1. The van der Waals surface area contributed by atoms with Crippen molar-refractivity contribution in [3.8, 4) is 0 Å². The number of ether oxygens (including phenoxy) is 1. The summed E-state index contributed by atoms with van der Waals surface area (Å²) in [7, 11) is 0. The van der Waals surface area contributed by atoms with Gasteiger partial charge in [0.2, 0.25) is 0 Å². The molecule has 2 unspecified atom stereocenters. The molecule has 1 heterocycles. The number of hydrogen-bond acceptors (Lipinski definition) is 2. The number of benzene rings is 1. The zero-order chi connectivity index (χ0) is 15.0. The van der Waals surface area contributed by atoms with Gasteiger partial charge >= 0.3 is 11.8 Å². The Morgan fingerprint density at radius 2 is 1.80 bits per heavy atom. The lowest BCUT2D eigenvalue weighted by Crippen LogP contribution is -2.48. The Morgan fingerprint density at radius 3 is 2.35 bits per heavy atom. The Hall–Kier alpha value is -1.21. The van der Waals surface area contributed by atoms with Crippen LogP contribution in [0.3, 0.4) is 0 Å². The Bertz CT molecular complexity index is 480. The molecule has 0 spiro atoms. The fourth-order valence-electron chi connectivity index (χ4n) is 2.24. The summed E-state index contributed by atoms with van der Waals surface area (Å²) in [6.45, 7) is -0.0160. The van der Waals surface area contributed by atoms with Crippen molar-refractivity contribution in [2.45, 2.75) is 36.9 Å². The molecule has 0 amide bonds. The maximum Gasteiger partial charge on any atom is 0.340 e. The van der Waals surface area contributed by atoms with Gasteiger partial charge in [-0.2, -0.15) is 17.6 Å². The van der Waals surface area contributed by atoms with E-state index < -0.39 is 35.4 Å². The first-order valence-corrected chi connectivity index (χ1v) is 6.17. The molecule has 1 aromatic rings. The van der Waals surface area contributed by atoms with Gasteiger partial charge in [0, 0.05) is 6.54 Å². The van der Waals surface area contributed by atoms with Crippen LogP contribution in [0.15, 0.2) is 24.3 Å². The van der Waals surface area contributed by atoms with Crippen LogP contribution in [0.1, 0.15) is 18.4 Å². The van der Waals surface area contributed by atoms with Crippen molar-refractivity contribution in [3.63, 3.8) is 0 Å². The van der Waals surface area contributed by atoms with Gasteiger partial charge in [0.15, 0.2) is 0 Å². The molecule has 2 N–H and O–H groups in total. The van der Waals surface area contributed by atoms with Gasteiger partial charge in [-0.05, 0) is 25.0 Å². The van der Waals surface area contributed by atoms with Gasteiger partial charge in [0.1, 0.15) is 11.9 Å². The largest absolute Gasteiger partial charge is 0.367 e. The van der Waals surface area contributed by atoms with Crippen molar-refractivity contribution in [2.24, 2.45) is 5.73 Å². The van der Waals surface area contributed by atoms with E-state index in [1.54, 1.807) is 0 Å². The SMILES string of the molecule is NCC1CCC(C(F)(F)C(F)(F)c2ccccc2F)O1. The van der Waals surface area contributed by atoms with Crippen molar-refractivity contribution in [1.29, 1.82) is 0 Å². The molecule has 1 aliphatic rings. The lowest BCUT2D eigenvalue weighted by Gasteiger charge is -2.31. The number of hydrogen-bond donors (Lipinski definition) is 1. The minimum Gasteiger partial charge on any atom is -0.367 e. The van der Waals surface area contributed by atoms with Crippen molar-refractivity contribution in [3.05, 3.63) is 35.6 Å². The first kappa shape index (κ1) is 15.2. The highest BCUT2D eigenvalue weighted by atomic mass is 19.3. The fraction of sp³-hybridized carbons (Fsp3) is 0.538. The summed E-state index contributed by atoms with van der Waals surface area (Å²) in [6.07, 6.45) is -2.68. The zero-order valence-corrected chi connectivity index (χ0v) is 10.5. The monoisotopic (exact) mass is 295 g/mol. The van der Waals surface area contributed by atoms with Gasteiger partial charge in [-0.1, -0.05) is 12.1 Å². The molecule has 0 radical (unpaired) electrons. The van der Waals surface area contributed by atoms with Gasteiger partial charge in [0.25, 0.3) is 0 Å². The van der Waals surface area contributed by atoms with E-state index in [0.717, 1.165) is 18.2 Å². The van der Waals surface area contributed by atoms with Gasteiger partial charge in [-0.3, -0.25) is 0 Å². The average molecular weight is 295 g/mol. The Kier molecular flexibility index (Phi) is 4.02. The first-order valence-electron chi connectivity index (χ1n) is 6.17. The molecule has 2 atom stereocenters. The summed E-state index contributed by atoms with van der Waals surface area (Å²) in [4.78, 5) is 0. The van der Waals surface area contributed by atoms with Crippen LogP contribution >= 0.6 is 0 Å². The fourth-order valence-corrected chi connectivity index (χ4v) is 2.24. The lowest BCUT2D eigenvalue weighted by atomic mass is 9.96. The predicted molar refractivity (Wildman–Crippen MR) is 62.2 cm³/mol. The number of alkyl halides is 4. The average Bonchev–Trinajstić information content (AvgIpc) is 2.88. The number of nitrogens with two attached hydrogens (primary N) is 1. The smallest absolute Gasteiger partial charge is 0.340 e. The second-order valence-electron chi connectivity index (χ2n) is 4.74. The number of rotatable bonds is 4. The molecule has 0 bridgehead atoms. The van der Waals surface area contributed by atoms with Crippen LogP contribution in [0, 0.1) is 5.82 Å². The van der Waals surface area contributed by atoms with Crippen LogP contribution in [-0.4, -0.2) is 24.7 Å². The van der Waals surface area contributed by atoms with Crippen molar-refractivity contribution < 1.29 is 26.7 Å². The van der Waals surface area contributed by atoms with E-state index in [4.69, 9.17) is 10.5 Å². The van der Waals surface area contributed by atoms with Gasteiger partial charge in [-0.25, -0.2) is 4.39 Å². The van der Waals surface area contributed by atoms with E-state index in [2.05, 4.69) is 0 Å². The highest BCUT2D eigenvalue weighted by molar-refractivity contribution is 5.25. The third kappa shape index (κ3) is 2.40. The Balaban J connectivity index is 2.30.